The van der Waals surface area contributed by atoms with E-state index in [-0.39, 0.29) is 6.04 Å². The highest BCUT2D eigenvalue weighted by atomic mass is 15.2. The number of nitrogens with zero attached hydrogens (tertiary/aromatic N) is 4. The summed E-state index contributed by atoms with van der Waals surface area (Å²) in [5.41, 5.74) is 0.971. The molecule has 0 spiro atoms. The smallest absolute Gasteiger partial charge is 0.141 e. The van der Waals surface area contributed by atoms with Crippen LogP contribution < -0.4 is 5.32 Å². The molecule has 6 heteroatoms. The predicted molar refractivity (Wildman–Crippen MR) is 58.4 cm³/mol. The summed E-state index contributed by atoms with van der Waals surface area (Å²) in [6.45, 7) is 4.59. The fourth-order valence-electron chi connectivity index (χ4n) is 1.38. The normalized spacial score (nSPS) is 12.6. The van der Waals surface area contributed by atoms with Crippen molar-refractivity contribution in [2.24, 2.45) is 0 Å². The number of H-pyrrole nitrogens is 1. The van der Waals surface area contributed by atoms with E-state index in [0.29, 0.717) is 6.54 Å². The van der Waals surface area contributed by atoms with Crippen LogP contribution in [0.3, 0.4) is 0 Å². The molecule has 0 aliphatic heterocycles. The van der Waals surface area contributed by atoms with Crippen LogP contribution in [0.25, 0.3) is 0 Å². The Labute approximate surface area is 93.6 Å². The Morgan fingerprint density at radius 1 is 1.44 bits per heavy atom. The highest BCUT2D eigenvalue weighted by Crippen LogP contribution is 2.05. The number of aromatic nitrogens is 5. The second kappa shape index (κ2) is 4.80. The molecule has 0 saturated carbocycles. The summed E-state index contributed by atoms with van der Waals surface area (Å²) in [6, 6.07) is 2.02. The van der Waals surface area contributed by atoms with Gasteiger partial charge < -0.3 is 5.32 Å². The maximum atomic E-state index is 4.31. The molecule has 0 radical (unpaired) electrons. The van der Waals surface area contributed by atoms with Crippen molar-refractivity contribution in [3.63, 3.8) is 0 Å². The topological polar surface area (TPSA) is 79.4 Å². The van der Waals surface area contributed by atoms with Crippen LogP contribution in [0.5, 0.6) is 0 Å². The number of rotatable bonds is 4. The van der Waals surface area contributed by atoms with E-state index in [4.69, 9.17) is 0 Å². The number of hydrogen-bond donors (Lipinski definition) is 2. The van der Waals surface area contributed by atoms with Crippen molar-refractivity contribution < 1.29 is 0 Å². The first kappa shape index (κ1) is 10.7. The maximum Gasteiger partial charge on any atom is 0.141 e. The second-order valence-electron chi connectivity index (χ2n) is 3.57. The van der Waals surface area contributed by atoms with Crippen LogP contribution in [0.4, 0.5) is 0 Å². The summed E-state index contributed by atoms with van der Waals surface area (Å²) in [5, 5.41) is 9.94. The van der Waals surface area contributed by atoms with Crippen LogP contribution in [0.2, 0.25) is 0 Å². The molecule has 1 unspecified atom stereocenters. The molecule has 2 aromatic heterocycles. The third-order valence-corrected chi connectivity index (χ3v) is 2.27. The van der Waals surface area contributed by atoms with Crippen molar-refractivity contribution in [3.05, 3.63) is 35.9 Å². The van der Waals surface area contributed by atoms with Gasteiger partial charge in [-0.1, -0.05) is 0 Å². The van der Waals surface area contributed by atoms with Gasteiger partial charge in [-0.05, 0) is 19.9 Å². The fraction of sp³-hybridized carbons (Fsp3) is 0.400. The van der Waals surface area contributed by atoms with E-state index >= 15 is 0 Å². The van der Waals surface area contributed by atoms with Crippen molar-refractivity contribution in [2.75, 3.05) is 0 Å². The average molecular weight is 218 g/mol. The zero-order valence-corrected chi connectivity index (χ0v) is 9.31. The van der Waals surface area contributed by atoms with Crippen molar-refractivity contribution >= 4 is 0 Å². The van der Waals surface area contributed by atoms with Gasteiger partial charge in [0.25, 0.3) is 0 Å². The van der Waals surface area contributed by atoms with Gasteiger partial charge >= 0.3 is 0 Å². The molecule has 0 fully saturated rings. The minimum absolute atomic E-state index is 0.123. The van der Waals surface area contributed by atoms with Crippen LogP contribution in [0.15, 0.2) is 18.6 Å². The summed E-state index contributed by atoms with van der Waals surface area (Å²) >= 11 is 0. The number of hydrogen-bond acceptors (Lipinski definition) is 5. The lowest BCUT2D eigenvalue weighted by molar-refractivity contribution is 0.541. The number of aryl methyl sites for hydroxylation is 1. The predicted octanol–water partition coefficient (Wildman–Crippen LogP) is 0.754. The van der Waals surface area contributed by atoms with E-state index in [0.717, 1.165) is 17.3 Å². The van der Waals surface area contributed by atoms with Gasteiger partial charge in [0.1, 0.15) is 18.0 Å². The summed E-state index contributed by atoms with van der Waals surface area (Å²) < 4.78 is 0. The monoisotopic (exact) mass is 218 g/mol. The molecular weight excluding hydrogens is 204 g/mol. The molecule has 0 saturated heterocycles. The van der Waals surface area contributed by atoms with Gasteiger partial charge in [-0.3, -0.25) is 5.10 Å². The van der Waals surface area contributed by atoms with Crippen molar-refractivity contribution in [2.45, 2.75) is 26.4 Å². The zero-order chi connectivity index (χ0) is 11.4. The van der Waals surface area contributed by atoms with Crippen LogP contribution in [0.1, 0.15) is 30.3 Å². The van der Waals surface area contributed by atoms with Crippen molar-refractivity contribution in [3.8, 4) is 0 Å². The van der Waals surface area contributed by atoms with E-state index in [1.165, 1.54) is 6.33 Å². The Balaban J connectivity index is 1.92. The highest BCUT2D eigenvalue weighted by molar-refractivity contribution is 5.02. The minimum Gasteiger partial charge on any atom is -0.302 e. The van der Waals surface area contributed by atoms with Crippen molar-refractivity contribution in [1.82, 2.24) is 30.5 Å². The molecule has 16 heavy (non-hydrogen) atoms. The molecule has 0 bridgehead atoms. The van der Waals surface area contributed by atoms with Crippen molar-refractivity contribution in [1.29, 1.82) is 0 Å². The van der Waals surface area contributed by atoms with Gasteiger partial charge in [-0.25, -0.2) is 15.0 Å². The molecule has 2 heterocycles. The summed E-state index contributed by atoms with van der Waals surface area (Å²) in [6.07, 6.45) is 3.26. The summed E-state index contributed by atoms with van der Waals surface area (Å²) in [5.74, 6) is 1.61. The second-order valence-corrected chi connectivity index (χ2v) is 3.57. The summed E-state index contributed by atoms with van der Waals surface area (Å²) in [7, 11) is 0. The van der Waals surface area contributed by atoms with Crippen LogP contribution >= 0.6 is 0 Å². The van der Waals surface area contributed by atoms with Crippen LogP contribution in [-0.2, 0) is 6.54 Å². The first-order valence-electron chi connectivity index (χ1n) is 5.13. The number of aromatic amines is 1. The number of nitrogens with one attached hydrogen (secondary N) is 2. The maximum absolute atomic E-state index is 4.31. The van der Waals surface area contributed by atoms with E-state index in [2.05, 4.69) is 30.5 Å². The van der Waals surface area contributed by atoms with Gasteiger partial charge in [-0.2, -0.15) is 5.10 Å². The Morgan fingerprint density at radius 3 is 3.00 bits per heavy atom. The largest absolute Gasteiger partial charge is 0.302 e. The molecule has 2 N–H and O–H groups in total. The van der Waals surface area contributed by atoms with Crippen LogP contribution in [0, 0.1) is 6.92 Å². The molecular formula is C10H14N6. The third kappa shape index (κ3) is 2.60. The standard InChI is InChI=1S/C10H14N6/c1-7(10-13-6-14-16-10)12-5-9-3-4-11-8(2)15-9/h3-4,6-7,12H,5H2,1-2H3,(H,13,14,16). The Hall–Kier alpha value is -1.82. The Kier molecular flexibility index (Phi) is 3.21. The zero-order valence-electron chi connectivity index (χ0n) is 9.31. The lowest BCUT2D eigenvalue weighted by atomic mass is 10.3. The van der Waals surface area contributed by atoms with Gasteiger partial charge in [0.05, 0.1) is 11.7 Å². The first-order chi connectivity index (χ1) is 7.75. The molecule has 0 aliphatic rings. The molecule has 0 amide bonds. The molecule has 2 rings (SSSR count). The fourth-order valence-corrected chi connectivity index (χ4v) is 1.38. The average Bonchev–Trinajstić information content (AvgIpc) is 2.79. The highest BCUT2D eigenvalue weighted by Gasteiger charge is 2.07. The van der Waals surface area contributed by atoms with Crippen LogP contribution in [-0.4, -0.2) is 25.1 Å². The van der Waals surface area contributed by atoms with Gasteiger partial charge in [0.2, 0.25) is 0 Å². The van der Waals surface area contributed by atoms with E-state index < -0.39 is 0 Å². The molecule has 0 aromatic carbocycles. The molecule has 2 aromatic rings. The lowest BCUT2D eigenvalue weighted by Crippen LogP contribution is -2.20. The van der Waals surface area contributed by atoms with Gasteiger partial charge in [0, 0.05) is 12.7 Å². The van der Waals surface area contributed by atoms with Gasteiger partial charge in [-0.15, -0.1) is 0 Å². The lowest BCUT2D eigenvalue weighted by Gasteiger charge is -2.10. The Morgan fingerprint density at radius 2 is 2.31 bits per heavy atom. The first-order valence-corrected chi connectivity index (χ1v) is 5.13. The Bertz CT molecular complexity index is 438. The molecule has 1 atom stereocenters. The quantitative estimate of drug-likeness (QED) is 0.791. The summed E-state index contributed by atoms with van der Waals surface area (Å²) in [4.78, 5) is 12.4. The van der Waals surface area contributed by atoms with E-state index in [9.17, 15) is 0 Å². The van der Waals surface area contributed by atoms with Gasteiger partial charge in [0.15, 0.2) is 0 Å². The van der Waals surface area contributed by atoms with E-state index in [1.807, 2.05) is 19.9 Å². The third-order valence-electron chi connectivity index (χ3n) is 2.27. The minimum atomic E-state index is 0.123. The molecule has 0 aliphatic carbocycles. The van der Waals surface area contributed by atoms with E-state index in [1.54, 1.807) is 6.20 Å². The SMILES string of the molecule is Cc1nccc(CNC(C)c2ncn[nH]2)n1. The molecule has 6 nitrogen and oxygen atoms in total. The molecule has 84 valence electrons.